The Labute approximate surface area is 111 Å². The van der Waals surface area contributed by atoms with Crippen LogP contribution in [0, 0.1) is 12.7 Å². The predicted molar refractivity (Wildman–Crippen MR) is 71.3 cm³/mol. The lowest BCUT2D eigenvalue weighted by molar-refractivity contribution is 0.178. The van der Waals surface area contributed by atoms with E-state index in [1.807, 2.05) is 31.2 Å². The highest BCUT2D eigenvalue weighted by Gasteiger charge is 2.10. The molecule has 3 heteroatoms. The molecule has 2 aromatic carbocycles. The first kappa shape index (κ1) is 13.1. The van der Waals surface area contributed by atoms with Crippen LogP contribution in [0.2, 0.25) is 5.02 Å². The second kappa shape index (κ2) is 5.51. The highest BCUT2D eigenvalue weighted by Crippen LogP contribution is 2.22. The fourth-order valence-electron chi connectivity index (χ4n) is 1.89. The summed E-state index contributed by atoms with van der Waals surface area (Å²) in [4.78, 5) is 0. The van der Waals surface area contributed by atoms with Crippen molar-refractivity contribution in [1.29, 1.82) is 0 Å². The predicted octanol–water partition coefficient (Wildman–Crippen LogP) is 4.06. The molecule has 0 aliphatic rings. The van der Waals surface area contributed by atoms with E-state index in [1.165, 1.54) is 6.07 Å². The van der Waals surface area contributed by atoms with E-state index in [2.05, 4.69) is 0 Å². The third-order valence-electron chi connectivity index (χ3n) is 2.84. The standard InChI is InChI=1S/C15H14ClFO/c1-10-3-2-4-12(7-10)15(18)9-11-5-6-14(17)13(16)8-11/h2-8,15,18H,9H2,1H3. The monoisotopic (exact) mass is 264 g/mol. The molecular weight excluding hydrogens is 251 g/mol. The Morgan fingerprint density at radius 1 is 1.22 bits per heavy atom. The van der Waals surface area contributed by atoms with Gasteiger partial charge in [-0.15, -0.1) is 0 Å². The van der Waals surface area contributed by atoms with Crippen LogP contribution >= 0.6 is 11.6 Å². The normalized spacial score (nSPS) is 12.4. The molecule has 0 fully saturated rings. The number of aliphatic hydroxyl groups is 1. The van der Waals surface area contributed by atoms with Crippen LogP contribution < -0.4 is 0 Å². The summed E-state index contributed by atoms with van der Waals surface area (Å²) in [6, 6.07) is 12.2. The zero-order chi connectivity index (χ0) is 13.1. The van der Waals surface area contributed by atoms with E-state index in [-0.39, 0.29) is 5.02 Å². The molecule has 1 unspecified atom stereocenters. The van der Waals surface area contributed by atoms with Crippen LogP contribution in [0.1, 0.15) is 22.8 Å². The molecule has 0 aliphatic carbocycles. The number of aryl methyl sites for hydroxylation is 1. The van der Waals surface area contributed by atoms with Gasteiger partial charge in [-0.25, -0.2) is 4.39 Å². The first-order chi connectivity index (χ1) is 8.56. The average Bonchev–Trinajstić information content (AvgIpc) is 2.34. The van der Waals surface area contributed by atoms with E-state index in [9.17, 15) is 9.50 Å². The smallest absolute Gasteiger partial charge is 0.141 e. The summed E-state index contributed by atoms with van der Waals surface area (Å²) in [6.07, 6.45) is -0.185. The van der Waals surface area contributed by atoms with Crippen LogP contribution in [-0.2, 0) is 6.42 Å². The van der Waals surface area contributed by atoms with E-state index >= 15 is 0 Å². The van der Waals surface area contributed by atoms with Crippen molar-refractivity contribution in [3.8, 4) is 0 Å². The Kier molecular flexibility index (Phi) is 4.00. The number of hydrogen-bond acceptors (Lipinski definition) is 1. The quantitative estimate of drug-likeness (QED) is 0.886. The van der Waals surface area contributed by atoms with Gasteiger partial charge in [0.25, 0.3) is 0 Å². The number of halogens is 2. The maximum absolute atomic E-state index is 13.0. The molecule has 94 valence electrons. The average molecular weight is 265 g/mol. The summed E-state index contributed by atoms with van der Waals surface area (Å²) in [5.74, 6) is -0.439. The van der Waals surface area contributed by atoms with Crippen molar-refractivity contribution >= 4 is 11.6 Å². The van der Waals surface area contributed by atoms with Crippen LogP contribution in [0.3, 0.4) is 0 Å². The lowest BCUT2D eigenvalue weighted by Crippen LogP contribution is -2.02. The molecule has 1 atom stereocenters. The molecule has 0 aromatic heterocycles. The van der Waals surface area contributed by atoms with Crippen LogP contribution in [0.4, 0.5) is 4.39 Å². The molecule has 18 heavy (non-hydrogen) atoms. The van der Waals surface area contributed by atoms with Crippen molar-refractivity contribution < 1.29 is 9.50 Å². The molecule has 1 nitrogen and oxygen atoms in total. The molecule has 0 amide bonds. The van der Waals surface area contributed by atoms with Gasteiger partial charge in [-0.1, -0.05) is 47.5 Å². The Morgan fingerprint density at radius 2 is 2.00 bits per heavy atom. The van der Waals surface area contributed by atoms with Gasteiger partial charge in [0.1, 0.15) is 5.82 Å². The third-order valence-corrected chi connectivity index (χ3v) is 3.13. The molecule has 0 bridgehead atoms. The van der Waals surface area contributed by atoms with Crippen molar-refractivity contribution in [2.75, 3.05) is 0 Å². The van der Waals surface area contributed by atoms with Crippen molar-refractivity contribution in [2.24, 2.45) is 0 Å². The molecule has 0 aliphatic heterocycles. The summed E-state index contributed by atoms with van der Waals surface area (Å²) in [7, 11) is 0. The van der Waals surface area contributed by atoms with Crippen molar-refractivity contribution in [3.05, 3.63) is 70.0 Å². The molecule has 2 rings (SSSR count). The number of hydrogen-bond donors (Lipinski definition) is 1. The summed E-state index contributed by atoms with van der Waals surface area (Å²) in [6.45, 7) is 1.98. The van der Waals surface area contributed by atoms with Crippen molar-refractivity contribution in [2.45, 2.75) is 19.4 Å². The fraction of sp³-hybridized carbons (Fsp3) is 0.200. The molecule has 0 saturated carbocycles. The third kappa shape index (κ3) is 3.09. The Bertz CT molecular complexity index is 554. The van der Waals surface area contributed by atoms with E-state index in [0.717, 1.165) is 16.7 Å². The van der Waals surface area contributed by atoms with Gasteiger partial charge >= 0.3 is 0 Å². The van der Waals surface area contributed by atoms with Gasteiger partial charge in [-0.2, -0.15) is 0 Å². The van der Waals surface area contributed by atoms with Crippen LogP contribution in [0.15, 0.2) is 42.5 Å². The van der Waals surface area contributed by atoms with Gasteiger partial charge in [-0.3, -0.25) is 0 Å². The summed E-state index contributed by atoms with van der Waals surface area (Å²) in [5, 5.41) is 10.2. The molecule has 0 spiro atoms. The highest BCUT2D eigenvalue weighted by molar-refractivity contribution is 6.30. The second-order valence-corrected chi connectivity index (χ2v) is 4.79. The zero-order valence-electron chi connectivity index (χ0n) is 10.0. The Hall–Kier alpha value is -1.38. The van der Waals surface area contributed by atoms with E-state index < -0.39 is 11.9 Å². The van der Waals surface area contributed by atoms with E-state index in [0.29, 0.717) is 6.42 Å². The second-order valence-electron chi connectivity index (χ2n) is 4.38. The topological polar surface area (TPSA) is 20.2 Å². The van der Waals surface area contributed by atoms with Gasteiger partial charge in [0, 0.05) is 6.42 Å². The van der Waals surface area contributed by atoms with Crippen LogP contribution in [-0.4, -0.2) is 5.11 Å². The number of benzene rings is 2. The minimum absolute atomic E-state index is 0.0870. The summed E-state index contributed by atoms with van der Waals surface area (Å²) in [5.41, 5.74) is 2.77. The fourth-order valence-corrected chi connectivity index (χ4v) is 2.09. The summed E-state index contributed by atoms with van der Waals surface area (Å²) >= 11 is 5.71. The van der Waals surface area contributed by atoms with Gasteiger partial charge in [0.05, 0.1) is 11.1 Å². The maximum Gasteiger partial charge on any atom is 0.141 e. The zero-order valence-corrected chi connectivity index (χ0v) is 10.8. The highest BCUT2D eigenvalue weighted by atomic mass is 35.5. The van der Waals surface area contributed by atoms with Crippen molar-refractivity contribution in [1.82, 2.24) is 0 Å². The van der Waals surface area contributed by atoms with Gasteiger partial charge in [0.2, 0.25) is 0 Å². The number of rotatable bonds is 3. The van der Waals surface area contributed by atoms with Crippen molar-refractivity contribution in [3.63, 3.8) is 0 Å². The lowest BCUT2D eigenvalue weighted by Gasteiger charge is -2.12. The van der Waals surface area contributed by atoms with Gasteiger partial charge in [0.15, 0.2) is 0 Å². The summed E-state index contributed by atoms with van der Waals surface area (Å²) < 4.78 is 13.0. The number of aliphatic hydroxyl groups excluding tert-OH is 1. The van der Waals surface area contributed by atoms with Crippen LogP contribution in [0.25, 0.3) is 0 Å². The Morgan fingerprint density at radius 3 is 2.67 bits per heavy atom. The minimum Gasteiger partial charge on any atom is -0.388 e. The molecule has 0 saturated heterocycles. The minimum atomic E-state index is -0.605. The SMILES string of the molecule is Cc1cccc(C(O)Cc2ccc(F)c(Cl)c2)c1. The molecule has 0 radical (unpaired) electrons. The van der Waals surface area contributed by atoms with Gasteiger partial charge < -0.3 is 5.11 Å². The molecule has 0 heterocycles. The van der Waals surface area contributed by atoms with Gasteiger partial charge in [-0.05, 0) is 30.2 Å². The lowest BCUT2D eigenvalue weighted by atomic mass is 10.00. The van der Waals surface area contributed by atoms with E-state index in [4.69, 9.17) is 11.6 Å². The van der Waals surface area contributed by atoms with E-state index in [1.54, 1.807) is 12.1 Å². The Balaban J connectivity index is 2.16. The van der Waals surface area contributed by atoms with Crippen LogP contribution in [0.5, 0.6) is 0 Å². The molecule has 2 aromatic rings. The first-order valence-corrected chi connectivity index (χ1v) is 6.12. The molecular formula is C15H14ClFO. The molecule has 1 N–H and O–H groups in total. The first-order valence-electron chi connectivity index (χ1n) is 5.75. The largest absolute Gasteiger partial charge is 0.388 e. The maximum atomic E-state index is 13.0.